The average molecular weight is 318 g/mol. The van der Waals surface area contributed by atoms with Gasteiger partial charge in [0.05, 0.1) is 13.0 Å². The Morgan fingerprint density at radius 3 is 2.55 bits per heavy atom. The second kappa shape index (κ2) is 7.85. The number of hydrogen-bond acceptors (Lipinski definition) is 2. The average Bonchev–Trinajstić information content (AvgIpc) is 2.51. The molecule has 116 valence electrons. The van der Waals surface area contributed by atoms with Gasteiger partial charge < -0.3 is 9.64 Å². The van der Waals surface area contributed by atoms with Gasteiger partial charge in [-0.3, -0.25) is 4.79 Å². The highest BCUT2D eigenvalue weighted by Crippen LogP contribution is 2.17. The fraction of sp³-hybridized carbons (Fsp3) is 0.278. The van der Waals surface area contributed by atoms with Gasteiger partial charge in [-0.25, -0.2) is 0 Å². The van der Waals surface area contributed by atoms with Crippen LogP contribution in [0.3, 0.4) is 0 Å². The van der Waals surface area contributed by atoms with E-state index in [9.17, 15) is 4.79 Å². The van der Waals surface area contributed by atoms with Crippen molar-refractivity contribution < 1.29 is 9.53 Å². The number of benzene rings is 2. The van der Waals surface area contributed by atoms with Crippen LogP contribution in [0, 0.1) is 6.92 Å². The smallest absolute Gasteiger partial charge is 0.226 e. The van der Waals surface area contributed by atoms with Crippen LogP contribution in [0.1, 0.15) is 11.1 Å². The molecule has 22 heavy (non-hydrogen) atoms. The van der Waals surface area contributed by atoms with E-state index in [2.05, 4.69) is 0 Å². The third kappa shape index (κ3) is 4.50. The van der Waals surface area contributed by atoms with E-state index < -0.39 is 0 Å². The number of ether oxygens (including phenoxy) is 1. The number of para-hydroxylation sites is 1. The van der Waals surface area contributed by atoms with E-state index in [1.54, 1.807) is 18.0 Å². The Balaban J connectivity index is 1.82. The number of carbonyl (C=O) groups excluding carboxylic acids is 1. The zero-order valence-corrected chi connectivity index (χ0v) is 13.6. The second-order valence-electron chi connectivity index (χ2n) is 5.20. The molecule has 2 rings (SSSR count). The molecule has 2 aromatic carbocycles. The van der Waals surface area contributed by atoms with Crippen LogP contribution in [0.2, 0.25) is 5.02 Å². The van der Waals surface area contributed by atoms with Gasteiger partial charge in [-0.2, -0.15) is 0 Å². The van der Waals surface area contributed by atoms with Gasteiger partial charge in [-0.1, -0.05) is 48.0 Å². The second-order valence-corrected chi connectivity index (χ2v) is 5.60. The first-order chi connectivity index (χ1) is 10.6. The van der Waals surface area contributed by atoms with Crippen molar-refractivity contribution in [3.8, 4) is 5.75 Å². The molecule has 0 unspecified atom stereocenters. The summed E-state index contributed by atoms with van der Waals surface area (Å²) in [7, 11) is 1.78. The van der Waals surface area contributed by atoms with Crippen molar-refractivity contribution in [2.45, 2.75) is 13.3 Å². The summed E-state index contributed by atoms with van der Waals surface area (Å²) in [6, 6.07) is 15.3. The van der Waals surface area contributed by atoms with Crippen LogP contribution >= 0.6 is 11.6 Å². The molecule has 0 heterocycles. The Bertz CT molecular complexity index is 642. The quantitative estimate of drug-likeness (QED) is 0.812. The lowest BCUT2D eigenvalue weighted by Gasteiger charge is -2.18. The highest BCUT2D eigenvalue weighted by atomic mass is 35.5. The van der Waals surface area contributed by atoms with Crippen LogP contribution in [-0.4, -0.2) is 31.0 Å². The lowest BCUT2D eigenvalue weighted by molar-refractivity contribution is -0.129. The van der Waals surface area contributed by atoms with E-state index in [0.29, 0.717) is 24.6 Å². The third-order valence-corrected chi connectivity index (χ3v) is 3.87. The third-order valence-electron chi connectivity index (χ3n) is 3.50. The van der Waals surface area contributed by atoms with E-state index in [1.807, 2.05) is 49.4 Å². The molecule has 1 amide bonds. The SMILES string of the molecule is Cc1ccccc1OCCN(C)C(=O)Cc1ccccc1Cl. The predicted molar refractivity (Wildman–Crippen MR) is 89.5 cm³/mol. The summed E-state index contributed by atoms with van der Waals surface area (Å²) >= 11 is 6.08. The minimum Gasteiger partial charge on any atom is -0.491 e. The molecule has 0 atom stereocenters. The van der Waals surface area contributed by atoms with E-state index in [0.717, 1.165) is 16.9 Å². The van der Waals surface area contributed by atoms with Crippen LogP contribution in [-0.2, 0) is 11.2 Å². The Morgan fingerprint density at radius 2 is 1.82 bits per heavy atom. The summed E-state index contributed by atoms with van der Waals surface area (Å²) in [5.41, 5.74) is 1.94. The fourth-order valence-corrected chi connectivity index (χ4v) is 2.28. The number of carbonyl (C=O) groups is 1. The number of likely N-dealkylation sites (N-methyl/N-ethyl adjacent to an activating group) is 1. The van der Waals surface area contributed by atoms with Crippen LogP contribution in [0.4, 0.5) is 0 Å². The van der Waals surface area contributed by atoms with E-state index in [4.69, 9.17) is 16.3 Å². The number of halogens is 1. The number of aryl methyl sites for hydroxylation is 1. The van der Waals surface area contributed by atoms with Gasteiger partial charge in [0.15, 0.2) is 0 Å². The summed E-state index contributed by atoms with van der Waals surface area (Å²) in [5.74, 6) is 0.885. The monoisotopic (exact) mass is 317 g/mol. The normalized spacial score (nSPS) is 10.3. The zero-order chi connectivity index (χ0) is 15.9. The molecule has 4 heteroatoms. The van der Waals surface area contributed by atoms with E-state index >= 15 is 0 Å². The molecule has 0 aliphatic heterocycles. The van der Waals surface area contributed by atoms with Crippen LogP contribution in [0.5, 0.6) is 5.75 Å². The maximum atomic E-state index is 12.2. The molecule has 0 fully saturated rings. The molecule has 2 aromatic rings. The minimum atomic E-state index is 0.0292. The summed E-state index contributed by atoms with van der Waals surface area (Å²) in [4.78, 5) is 13.9. The molecule has 0 spiro atoms. The largest absolute Gasteiger partial charge is 0.491 e. The first kappa shape index (κ1) is 16.4. The predicted octanol–water partition coefficient (Wildman–Crippen LogP) is 3.73. The Labute approximate surface area is 136 Å². The van der Waals surface area contributed by atoms with Crippen molar-refractivity contribution in [3.05, 3.63) is 64.7 Å². The molecule has 0 aliphatic rings. The van der Waals surface area contributed by atoms with Crippen molar-refractivity contribution in [1.82, 2.24) is 4.90 Å². The molecule has 0 radical (unpaired) electrons. The molecule has 0 aliphatic carbocycles. The van der Waals surface area contributed by atoms with Crippen molar-refractivity contribution >= 4 is 17.5 Å². The molecule has 0 N–H and O–H groups in total. The lowest BCUT2D eigenvalue weighted by Crippen LogP contribution is -2.32. The van der Waals surface area contributed by atoms with Crippen LogP contribution < -0.4 is 4.74 Å². The van der Waals surface area contributed by atoms with E-state index in [-0.39, 0.29) is 5.91 Å². The Kier molecular flexibility index (Phi) is 5.84. The van der Waals surface area contributed by atoms with Gasteiger partial charge in [0.2, 0.25) is 5.91 Å². The van der Waals surface area contributed by atoms with Crippen LogP contribution in [0.15, 0.2) is 48.5 Å². The van der Waals surface area contributed by atoms with Gasteiger partial charge in [0.25, 0.3) is 0 Å². The van der Waals surface area contributed by atoms with Crippen molar-refractivity contribution in [3.63, 3.8) is 0 Å². The summed E-state index contributed by atoms with van der Waals surface area (Å²) in [6.45, 7) is 3.01. The fourth-order valence-electron chi connectivity index (χ4n) is 2.08. The van der Waals surface area contributed by atoms with Crippen molar-refractivity contribution in [2.24, 2.45) is 0 Å². The Morgan fingerprint density at radius 1 is 1.14 bits per heavy atom. The molecule has 3 nitrogen and oxygen atoms in total. The molecule has 0 bridgehead atoms. The highest BCUT2D eigenvalue weighted by Gasteiger charge is 2.11. The number of nitrogens with zero attached hydrogens (tertiary/aromatic N) is 1. The summed E-state index contributed by atoms with van der Waals surface area (Å²) < 4.78 is 5.71. The lowest BCUT2D eigenvalue weighted by atomic mass is 10.1. The Hall–Kier alpha value is -2.00. The summed E-state index contributed by atoms with van der Waals surface area (Å²) in [5, 5.41) is 0.625. The van der Waals surface area contributed by atoms with Crippen LogP contribution in [0.25, 0.3) is 0 Å². The van der Waals surface area contributed by atoms with Gasteiger partial charge in [-0.15, -0.1) is 0 Å². The standard InChI is InChI=1S/C18H20ClNO2/c1-14-7-3-6-10-17(14)22-12-11-20(2)18(21)13-15-8-4-5-9-16(15)19/h3-10H,11-13H2,1-2H3. The molecule has 0 saturated heterocycles. The maximum absolute atomic E-state index is 12.2. The highest BCUT2D eigenvalue weighted by molar-refractivity contribution is 6.31. The first-order valence-corrected chi connectivity index (χ1v) is 7.61. The minimum absolute atomic E-state index is 0.0292. The molecular formula is C18H20ClNO2. The van der Waals surface area contributed by atoms with Gasteiger partial charge in [0.1, 0.15) is 12.4 Å². The number of amides is 1. The zero-order valence-electron chi connectivity index (χ0n) is 12.9. The molecule has 0 aromatic heterocycles. The molecule has 0 saturated carbocycles. The van der Waals surface area contributed by atoms with Gasteiger partial charge in [-0.05, 0) is 30.2 Å². The van der Waals surface area contributed by atoms with Crippen molar-refractivity contribution in [1.29, 1.82) is 0 Å². The number of hydrogen-bond donors (Lipinski definition) is 0. The van der Waals surface area contributed by atoms with Gasteiger partial charge in [0, 0.05) is 12.1 Å². The number of rotatable bonds is 6. The van der Waals surface area contributed by atoms with Gasteiger partial charge >= 0.3 is 0 Å². The maximum Gasteiger partial charge on any atom is 0.226 e. The summed E-state index contributed by atoms with van der Waals surface area (Å²) in [6.07, 6.45) is 0.306. The van der Waals surface area contributed by atoms with Crippen molar-refractivity contribution in [2.75, 3.05) is 20.2 Å². The topological polar surface area (TPSA) is 29.5 Å². The first-order valence-electron chi connectivity index (χ1n) is 7.23. The van der Waals surface area contributed by atoms with E-state index in [1.165, 1.54) is 0 Å². The molecular weight excluding hydrogens is 298 g/mol.